The summed E-state index contributed by atoms with van der Waals surface area (Å²) in [7, 11) is 2.00. The highest BCUT2D eigenvalue weighted by molar-refractivity contribution is 5.95. The SMILES string of the molecule is Cc1cc(CN(C)CCC(=O)N2CCc3ccccc32)no1. The molecule has 5 heteroatoms. The second-order valence-corrected chi connectivity index (χ2v) is 5.84. The zero-order valence-electron chi connectivity index (χ0n) is 13.1. The number of anilines is 1. The molecule has 1 aromatic carbocycles. The van der Waals surface area contributed by atoms with Gasteiger partial charge in [-0.05, 0) is 32.0 Å². The van der Waals surface area contributed by atoms with E-state index < -0.39 is 0 Å². The van der Waals surface area contributed by atoms with Crippen LogP contribution in [0.2, 0.25) is 0 Å². The molecule has 0 aliphatic carbocycles. The van der Waals surface area contributed by atoms with E-state index in [1.807, 2.05) is 43.1 Å². The third-order valence-corrected chi connectivity index (χ3v) is 4.00. The molecule has 0 unspecified atom stereocenters. The van der Waals surface area contributed by atoms with Crippen molar-refractivity contribution in [2.75, 3.05) is 25.0 Å². The number of hydrogen-bond acceptors (Lipinski definition) is 4. The summed E-state index contributed by atoms with van der Waals surface area (Å²) in [6.45, 7) is 4.08. The Morgan fingerprint density at radius 2 is 2.23 bits per heavy atom. The van der Waals surface area contributed by atoms with E-state index in [4.69, 9.17) is 4.52 Å². The average Bonchev–Trinajstić information content (AvgIpc) is 3.11. The van der Waals surface area contributed by atoms with E-state index in [2.05, 4.69) is 16.1 Å². The number of rotatable bonds is 5. The van der Waals surface area contributed by atoms with Crippen LogP contribution in [0, 0.1) is 6.92 Å². The van der Waals surface area contributed by atoms with Gasteiger partial charge < -0.3 is 9.42 Å². The number of aromatic nitrogens is 1. The predicted octanol–water partition coefficient (Wildman–Crippen LogP) is 2.39. The van der Waals surface area contributed by atoms with Crippen LogP contribution in [-0.4, -0.2) is 36.1 Å². The maximum absolute atomic E-state index is 12.4. The summed E-state index contributed by atoms with van der Waals surface area (Å²) in [6.07, 6.45) is 1.47. The van der Waals surface area contributed by atoms with Crippen LogP contribution in [0.3, 0.4) is 0 Å². The molecule has 0 bridgehead atoms. The molecule has 0 fully saturated rings. The second-order valence-electron chi connectivity index (χ2n) is 5.84. The molecule has 0 spiro atoms. The van der Waals surface area contributed by atoms with Gasteiger partial charge in [0.2, 0.25) is 5.91 Å². The first-order valence-electron chi connectivity index (χ1n) is 7.62. The molecular weight excluding hydrogens is 278 g/mol. The molecule has 116 valence electrons. The van der Waals surface area contributed by atoms with Gasteiger partial charge in [-0.15, -0.1) is 0 Å². The molecule has 0 radical (unpaired) electrons. The fourth-order valence-corrected chi connectivity index (χ4v) is 2.87. The van der Waals surface area contributed by atoms with Crippen LogP contribution >= 0.6 is 0 Å². The Kier molecular flexibility index (Phi) is 4.24. The molecule has 1 aliphatic rings. The van der Waals surface area contributed by atoms with Crippen LogP contribution in [0.15, 0.2) is 34.9 Å². The van der Waals surface area contributed by atoms with Gasteiger partial charge >= 0.3 is 0 Å². The third-order valence-electron chi connectivity index (χ3n) is 4.00. The average molecular weight is 299 g/mol. The molecule has 1 amide bonds. The highest BCUT2D eigenvalue weighted by Crippen LogP contribution is 2.27. The smallest absolute Gasteiger partial charge is 0.228 e. The minimum atomic E-state index is 0.188. The molecule has 0 saturated heterocycles. The molecule has 2 aromatic rings. The first-order valence-corrected chi connectivity index (χ1v) is 7.62. The molecule has 3 rings (SSSR count). The number of amides is 1. The number of fused-ring (bicyclic) bond motifs is 1. The van der Waals surface area contributed by atoms with E-state index in [0.29, 0.717) is 19.5 Å². The monoisotopic (exact) mass is 299 g/mol. The van der Waals surface area contributed by atoms with E-state index in [1.165, 1.54) is 5.56 Å². The van der Waals surface area contributed by atoms with Crippen LogP contribution in [0.1, 0.15) is 23.4 Å². The number of carbonyl (C=O) groups is 1. The van der Waals surface area contributed by atoms with Gasteiger partial charge in [-0.1, -0.05) is 23.4 Å². The lowest BCUT2D eigenvalue weighted by Gasteiger charge is -2.20. The summed E-state index contributed by atoms with van der Waals surface area (Å²) in [5.41, 5.74) is 3.24. The van der Waals surface area contributed by atoms with Crippen molar-refractivity contribution in [3.8, 4) is 0 Å². The van der Waals surface area contributed by atoms with Gasteiger partial charge in [0.05, 0.1) is 5.69 Å². The maximum atomic E-state index is 12.4. The van der Waals surface area contributed by atoms with Crippen LogP contribution in [0.25, 0.3) is 0 Å². The topological polar surface area (TPSA) is 49.6 Å². The zero-order chi connectivity index (χ0) is 15.5. The Bertz CT molecular complexity index is 665. The molecule has 1 aliphatic heterocycles. The standard InChI is InChI=1S/C17H21N3O2/c1-13-11-15(18-22-13)12-19(2)9-8-17(21)20-10-7-14-5-3-4-6-16(14)20/h3-6,11H,7-10,12H2,1-2H3. The molecule has 0 atom stereocenters. The van der Waals surface area contributed by atoms with Crippen molar-refractivity contribution in [2.45, 2.75) is 26.3 Å². The highest BCUT2D eigenvalue weighted by Gasteiger charge is 2.23. The van der Waals surface area contributed by atoms with E-state index >= 15 is 0 Å². The van der Waals surface area contributed by atoms with Crippen LogP contribution < -0.4 is 4.90 Å². The Labute approximate surface area is 130 Å². The fraction of sp³-hybridized carbons (Fsp3) is 0.412. The summed E-state index contributed by atoms with van der Waals surface area (Å²) < 4.78 is 5.06. The summed E-state index contributed by atoms with van der Waals surface area (Å²) in [6, 6.07) is 10.1. The largest absolute Gasteiger partial charge is 0.361 e. The van der Waals surface area contributed by atoms with Crippen molar-refractivity contribution in [1.29, 1.82) is 0 Å². The lowest BCUT2D eigenvalue weighted by molar-refractivity contribution is -0.118. The number of hydrogen-bond donors (Lipinski definition) is 0. The van der Waals surface area contributed by atoms with Crippen molar-refractivity contribution < 1.29 is 9.32 Å². The number of para-hydroxylation sites is 1. The normalized spacial score (nSPS) is 13.7. The second kappa shape index (κ2) is 6.32. The summed E-state index contributed by atoms with van der Waals surface area (Å²) >= 11 is 0. The van der Waals surface area contributed by atoms with E-state index in [0.717, 1.165) is 30.1 Å². The first-order chi connectivity index (χ1) is 10.6. The van der Waals surface area contributed by atoms with Crippen molar-refractivity contribution >= 4 is 11.6 Å². The van der Waals surface area contributed by atoms with Gasteiger partial charge in [0.15, 0.2) is 0 Å². The molecule has 0 saturated carbocycles. The van der Waals surface area contributed by atoms with E-state index in [9.17, 15) is 4.79 Å². The third kappa shape index (κ3) is 3.20. The Balaban J connectivity index is 1.52. The van der Waals surface area contributed by atoms with Crippen LogP contribution in [-0.2, 0) is 17.8 Å². The first kappa shape index (κ1) is 14.8. The van der Waals surface area contributed by atoms with Gasteiger partial charge in [-0.2, -0.15) is 0 Å². The quantitative estimate of drug-likeness (QED) is 0.850. The zero-order valence-corrected chi connectivity index (χ0v) is 13.1. The lowest BCUT2D eigenvalue weighted by Crippen LogP contribution is -2.32. The maximum Gasteiger partial charge on any atom is 0.228 e. The molecule has 1 aromatic heterocycles. The highest BCUT2D eigenvalue weighted by atomic mass is 16.5. The van der Waals surface area contributed by atoms with E-state index in [1.54, 1.807) is 0 Å². The fourth-order valence-electron chi connectivity index (χ4n) is 2.87. The molecule has 0 N–H and O–H groups in total. The number of carbonyl (C=O) groups excluding carboxylic acids is 1. The Hall–Kier alpha value is -2.14. The summed E-state index contributed by atoms with van der Waals surface area (Å²) in [5.74, 6) is 1.00. The van der Waals surface area contributed by atoms with Crippen molar-refractivity contribution in [3.63, 3.8) is 0 Å². The molecule has 22 heavy (non-hydrogen) atoms. The van der Waals surface area contributed by atoms with Crippen LogP contribution in [0.5, 0.6) is 0 Å². The Morgan fingerprint density at radius 3 is 3.00 bits per heavy atom. The van der Waals surface area contributed by atoms with Gasteiger partial charge in [0.25, 0.3) is 0 Å². The van der Waals surface area contributed by atoms with Gasteiger partial charge in [-0.25, -0.2) is 0 Å². The number of benzene rings is 1. The van der Waals surface area contributed by atoms with Gasteiger partial charge in [0.1, 0.15) is 5.76 Å². The lowest BCUT2D eigenvalue weighted by atomic mass is 10.2. The predicted molar refractivity (Wildman–Crippen MR) is 84.7 cm³/mol. The minimum Gasteiger partial charge on any atom is -0.361 e. The van der Waals surface area contributed by atoms with Crippen LogP contribution in [0.4, 0.5) is 5.69 Å². The summed E-state index contributed by atoms with van der Waals surface area (Å²) in [4.78, 5) is 16.4. The number of aryl methyl sites for hydroxylation is 1. The minimum absolute atomic E-state index is 0.188. The molecular formula is C17H21N3O2. The van der Waals surface area contributed by atoms with Gasteiger partial charge in [0, 0.05) is 37.8 Å². The Morgan fingerprint density at radius 1 is 1.41 bits per heavy atom. The molecule has 2 heterocycles. The van der Waals surface area contributed by atoms with Crippen molar-refractivity contribution in [2.24, 2.45) is 0 Å². The number of nitrogens with zero attached hydrogens (tertiary/aromatic N) is 3. The van der Waals surface area contributed by atoms with Gasteiger partial charge in [-0.3, -0.25) is 9.69 Å². The van der Waals surface area contributed by atoms with E-state index in [-0.39, 0.29) is 5.91 Å². The summed E-state index contributed by atoms with van der Waals surface area (Å²) in [5, 5.41) is 3.98. The van der Waals surface area contributed by atoms with Crippen molar-refractivity contribution in [1.82, 2.24) is 10.1 Å². The van der Waals surface area contributed by atoms with Crippen molar-refractivity contribution in [3.05, 3.63) is 47.3 Å². The molecule has 5 nitrogen and oxygen atoms in total.